The molecule has 10 heteroatoms. The zero-order chi connectivity index (χ0) is 22.9. The summed E-state index contributed by atoms with van der Waals surface area (Å²) < 4.78 is 32.9. The minimum atomic E-state index is -0.483. The van der Waals surface area contributed by atoms with E-state index in [9.17, 15) is 4.79 Å². The van der Waals surface area contributed by atoms with Gasteiger partial charge in [0.1, 0.15) is 0 Å². The van der Waals surface area contributed by atoms with Gasteiger partial charge in [0.05, 0.1) is 6.61 Å². The molecule has 0 radical (unpaired) electrons. The first kappa shape index (κ1) is 22.1. The van der Waals surface area contributed by atoms with E-state index in [1.54, 1.807) is 25.3 Å². The number of hydrogen-bond acceptors (Lipinski definition) is 7. The second-order valence-electron chi connectivity index (χ2n) is 7.77. The van der Waals surface area contributed by atoms with Crippen LogP contribution in [0.2, 0.25) is 0 Å². The second-order valence-corrected chi connectivity index (χ2v) is 11.2. The molecule has 3 aromatic rings. The zero-order valence-electron chi connectivity index (χ0n) is 18.2. The average Bonchev–Trinajstić information content (AvgIpc) is 3.14. The molecule has 0 aliphatic carbocycles. The van der Waals surface area contributed by atoms with Gasteiger partial charge in [0.2, 0.25) is 0 Å². The Kier molecular flexibility index (Phi) is 6.19. The zero-order valence-corrected chi connectivity index (χ0v) is 20.3. The van der Waals surface area contributed by atoms with Crippen LogP contribution in [0, 0.1) is 5.82 Å². The summed E-state index contributed by atoms with van der Waals surface area (Å²) in [5, 5.41) is 3.78. The number of methoxy groups -OCH3 is 2. The van der Waals surface area contributed by atoms with Crippen LogP contribution < -0.4 is 36.2 Å². The van der Waals surface area contributed by atoms with E-state index in [1.165, 1.54) is 22.8 Å². The fraction of sp³-hybridized carbons (Fsp3) is 0.348. The number of anilines is 3. The number of cyclic esters (lactones) is 1. The van der Waals surface area contributed by atoms with Gasteiger partial charge in [-0.05, 0) is 0 Å². The summed E-state index contributed by atoms with van der Waals surface area (Å²) >= 11 is 0.0349. The predicted molar refractivity (Wildman–Crippen MR) is 117 cm³/mol. The van der Waals surface area contributed by atoms with Crippen LogP contribution in [0.1, 0.15) is 15.9 Å². The van der Waals surface area contributed by atoms with E-state index in [1.807, 2.05) is 12.1 Å². The number of ether oxygens (including phenoxy) is 3. The number of amides is 1. The van der Waals surface area contributed by atoms with Crippen LogP contribution in [0.4, 0.5) is 26.4 Å². The van der Waals surface area contributed by atoms with Crippen molar-refractivity contribution in [3.8, 4) is 5.75 Å². The number of benzene rings is 2. The SMILES string of the molecule is COC[C@@H]1CN(c2cc3c(Nc4cccc(C5CC[I-]5)c4F)ncnc3cc2OC)C(=O)O1. The molecule has 1 aromatic heterocycles. The number of hydrogen-bond donors (Lipinski definition) is 1. The number of nitrogens with one attached hydrogen (secondary N) is 1. The van der Waals surface area contributed by atoms with Gasteiger partial charge in [-0.3, -0.25) is 0 Å². The van der Waals surface area contributed by atoms with Gasteiger partial charge in [0.25, 0.3) is 0 Å². The number of nitrogens with zero attached hydrogens (tertiary/aromatic N) is 3. The third-order valence-electron chi connectivity index (χ3n) is 5.73. The quantitative estimate of drug-likeness (QED) is 0.339. The Hall–Kier alpha value is -2.73. The molecule has 8 nitrogen and oxygen atoms in total. The first-order chi connectivity index (χ1) is 16.1. The third-order valence-corrected chi connectivity index (χ3v) is 9.33. The van der Waals surface area contributed by atoms with Crippen molar-refractivity contribution in [1.29, 1.82) is 0 Å². The van der Waals surface area contributed by atoms with Crippen LogP contribution in [-0.4, -0.2) is 54.0 Å². The van der Waals surface area contributed by atoms with Crippen LogP contribution in [0.15, 0.2) is 36.7 Å². The molecule has 2 aliphatic heterocycles. The van der Waals surface area contributed by atoms with Crippen molar-refractivity contribution < 1.29 is 44.6 Å². The van der Waals surface area contributed by atoms with Gasteiger partial charge in [0.15, 0.2) is 0 Å². The molecule has 0 saturated carbocycles. The van der Waals surface area contributed by atoms with Gasteiger partial charge >= 0.3 is 183 Å². The number of carbonyl (C=O) groups is 1. The van der Waals surface area contributed by atoms with Crippen molar-refractivity contribution in [3.63, 3.8) is 0 Å². The van der Waals surface area contributed by atoms with Crippen molar-refractivity contribution in [2.24, 2.45) is 0 Å². The van der Waals surface area contributed by atoms with Crippen molar-refractivity contribution in [1.82, 2.24) is 9.97 Å². The average molecular weight is 565 g/mol. The molecule has 33 heavy (non-hydrogen) atoms. The van der Waals surface area contributed by atoms with Crippen molar-refractivity contribution in [3.05, 3.63) is 48.0 Å². The summed E-state index contributed by atoms with van der Waals surface area (Å²) in [4.78, 5) is 22.7. The Bertz CT molecular complexity index is 1210. The normalized spacial score (nSPS) is 20.2. The molecule has 1 N–H and O–H groups in total. The summed E-state index contributed by atoms with van der Waals surface area (Å²) in [6.07, 6.45) is 1.62. The molecule has 2 atom stereocenters. The summed E-state index contributed by atoms with van der Waals surface area (Å²) in [5.74, 6) is 0.696. The second kappa shape index (κ2) is 9.26. The van der Waals surface area contributed by atoms with E-state index in [0.29, 0.717) is 50.9 Å². The maximum atomic E-state index is 15.3. The van der Waals surface area contributed by atoms with Crippen molar-refractivity contribution in [2.75, 3.05) is 42.0 Å². The number of rotatable bonds is 7. The van der Waals surface area contributed by atoms with Crippen LogP contribution in [0.25, 0.3) is 10.9 Å². The number of halogens is 2. The Balaban J connectivity index is 1.53. The first-order valence-corrected chi connectivity index (χ1v) is 13.3. The number of alkyl halides is 2. The van der Waals surface area contributed by atoms with E-state index in [4.69, 9.17) is 14.2 Å². The molecule has 0 bridgehead atoms. The van der Waals surface area contributed by atoms with Crippen LogP contribution in [-0.2, 0) is 9.47 Å². The third kappa shape index (κ3) is 4.17. The van der Waals surface area contributed by atoms with E-state index >= 15 is 4.39 Å². The van der Waals surface area contributed by atoms with E-state index in [-0.39, 0.29) is 33.1 Å². The molecule has 2 aliphatic rings. The topological polar surface area (TPSA) is 85.8 Å². The van der Waals surface area contributed by atoms with Gasteiger partial charge in [-0.25, -0.2) is 0 Å². The molecule has 1 unspecified atom stereocenters. The summed E-state index contributed by atoms with van der Waals surface area (Å²) in [5.41, 5.74) is 2.29. The summed E-state index contributed by atoms with van der Waals surface area (Å²) in [6, 6.07) is 8.96. The Morgan fingerprint density at radius 3 is 2.88 bits per heavy atom. The number of aromatic nitrogens is 2. The minimum absolute atomic E-state index is 0.0349. The first-order valence-electron chi connectivity index (χ1n) is 10.5. The van der Waals surface area contributed by atoms with Crippen LogP contribution >= 0.6 is 0 Å². The Morgan fingerprint density at radius 2 is 2.15 bits per heavy atom. The molecule has 2 fully saturated rings. The Morgan fingerprint density at radius 1 is 1.30 bits per heavy atom. The number of fused-ring (bicyclic) bond motifs is 1. The molecule has 2 aromatic carbocycles. The summed E-state index contributed by atoms with van der Waals surface area (Å²) in [7, 11) is 3.09. The van der Waals surface area contributed by atoms with Gasteiger partial charge in [-0.2, -0.15) is 0 Å². The number of carbonyl (C=O) groups excluding carboxylic acids is 1. The van der Waals surface area contributed by atoms with Gasteiger partial charge in [-0.1, -0.05) is 0 Å². The Labute approximate surface area is 200 Å². The molecule has 174 valence electrons. The van der Waals surface area contributed by atoms with Crippen LogP contribution in [0.5, 0.6) is 5.75 Å². The monoisotopic (exact) mass is 565 g/mol. The van der Waals surface area contributed by atoms with E-state index in [2.05, 4.69) is 15.3 Å². The van der Waals surface area contributed by atoms with E-state index < -0.39 is 6.09 Å². The van der Waals surface area contributed by atoms with Crippen LogP contribution in [0.3, 0.4) is 0 Å². The standard InChI is InChI=1S/C23H23FIN4O4/c1-31-11-13-10-29(23(30)33-13)19-8-15-18(9-20(19)32-2)26-12-27-22(15)28-17-5-3-4-14(21(17)24)16-6-7-25-16/h3-5,8-9,12-13,16H,6-7,10-11H2,1-2H3,(H,26,27,28)/q-1/t13-,16?/m0/s1. The van der Waals surface area contributed by atoms with Gasteiger partial charge < -0.3 is 4.74 Å². The predicted octanol–water partition coefficient (Wildman–Crippen LogP) is 1.03. The maximum absolute atomic E-state index is 15.3. The molecule has 5 rings (SSSR count). The van der Waals surface area contributed by atoms with Gasteiger partial charge in [-0.15, -0.1) is 0 Å². The molecule has 0 spiro atoms. The molecule has 1 amide bonds. The van der Waals surface area contributed by atoms with Crippen molar-refractivity contribution in [2.45, 2.75) is 16.4 Å². The van der Waals surface area contributed by atoms with Crippen molar-refractivity contribution >= 4 is 34.2 Å². The molecular weight excluding hydrogens is 542 g/mol. The summed E-state index contributed by atoms with van der Waals surface area (Å²) in [6.45, 7) is 0.624. The van der Waals surface area contributed by atoms with E-state index in [0.717, 1.165) is 12.0 Å². The fourth-order valence-corrected chi connectivity index (χ4v) is 6.21. The van der Waals surface area contributed by atoms with Gasteiger partial charge in [0, 0.05) is 7.11 Å². The molecule has 2 saturated heterocycles. The molecular formula is C23H23FIN4O4-. The molecule has 3 heterocycles. The fourth-order valence-electron chi connectivity index (χ4n) is 4.01.